The number of likely N-dealkylation sites (N-methyl/N-ethyl adjacent to an activating group) is 1. The molecule has 0 aromatic carbocycles. The van der Waals surface area contributed by atoms with Gasteiger partial charge in [-0.15, -0.1) is 0 Å². The largest absolute Gasteiger partial charge is 0.389 e. The van der Waals surface area contributed by atoms with E-state index in [0.29, 0.717) is 6.04 Å². The van der Waals surface area contributed by atoms with Crippen molar-refractivity contribution < 1.29 is 5.11 Å². The molecule has 0 spiro atoms. The number of aromatic nitrogens is 1. The highest BCUT2D eigenvalue weighted by molar-refractivity contribution is 5.43. The Kier molecular flexibility index (Phi) is 4.77. The molecule has 0 amide bonds. The number of nitrogens with zero attached hydrogens (tertiary/aromatic N) is 3. The van der Waals surface area contributed by atoms with E-state index in [0.717, 1.165) is 43.9 Å². The first-order valence-electron chi connectivity index (χ1n) is 7.21. The lowest BCUT2D eigenvalue weighted by Crippen LogP contribution is -2.40. The van der Waals surface area contributed by atoms with Crippen LogP contribution in [0.5, 0.6) is 0 Å². The third-order valence-electron chi connectivity index (χ3n) is 3.92. The molecular formula is C15H25N3O. The van der Waals surface area contributed by atoms with E-state index in [2.05, 4.69) is 28.8 Å². The van der Waals surface area contributed by atoms with Crippen LogP contribution < -0.4 is 4.90 Å². The van der Waals surface area contributed by atoms with Crippen LogP contribution in [0.2, 0.25) is 0 Å². The normalized spacial score (nSPS) is 23.2. The smallest absolute Gasteiger partial charge is 0.129 e. The summed E-state index contributed by atoms with van der Waals surface area (Å²) in [5.74, 6) is 1.00. The van der Waals surface area contributed by atoms with Crippen molar-refractivity contribution >= 4 is 5.82 Å². The Labute approximate surface area is 116 Å². The van der Waals surface area contributed by atoms with E-state index in [1.807, 2.05) is 12.1 Å². The molecular weight excluding hydrogens is 238 g/mol. The molecule has 0 radical (unpaired) electrons. The molecule has 0 saturated carbocycles. The van der Waals surface area contributed by atoms with Gasteiger partial charge in [-0.3, -0.25) is 0 Å². The maximum absolute atomic E-state index is 9.71. The van der Waals surface area contributed by atoms with Crippen LogP contribution in [0.4, 0.5) is 5.82 Å². The Morgan fingerprint density at radius 1 is 1.47 bits per heavy atom. The first kappa shape index (κ1) is 14.3. The summed E-state index contributed by atoms with van der Waals surface area (Å²) in [7, 11) is 2.19. The summed E-state index contributed by atoms with van der Waals surface area (Å²) in [4.78, 5) is 9.30. The summed E-state index contributed by atoms with van der Waals surface area (Å²) in [6.07, 6.45) is 3.65. The van der Waals surface area contributed by atoms with Crippen molar-refractivity contribution in [3.8, 4) is 0 Å². The van der Waals surface area contributed by atoms with Crippen LogP contribution in [0, 0.1) is 0 Å². The highest BCUT2D eigenvalue weighted by atomic mass is 16.3. The summed E-state index contributed by atoms with van der Waals surface area (Å²) in [6, 6.07) is 4.42. The molecule has 1 saturated heterocycles. The number of aliphatic hydroxyl groups excluding tert-OH is 1. The van der Waals surface area contributed by atoms with Gasteiger partial charge in [-0.25, -0.2) is 4.98 Å². The highest BCUT2D eigenvalue weighted by Gasteiger charge is 2.23. The molecule has 2 rings (SSSR count). The van der Waals surface area contributed by atoms with Gasteiger partial charge in [-0.1, -0.05) is 6.92 Å². The summed E-state index contributed by atoms with van der Waals surface area (Å²) in [6.45, 7) is 7.29. The fraction of sp³-hybridized carbons (Fsp3) is 0.667. The molecule has 1 aromatic heterocycles. The topological polar surface area (TPSA) is 39.6 Å². The van der Waals surface area contributed by atoms with Gasteiger partial charge >= 0.3 is 0 Å². The lowest BCUT2D eigenvalue weighted by Gasteiger charge is -2.31. The predicted octanol–water partition coefficient (Wildman–Crippen LogP) is 2.06. The fourth-order valence-electron chi connectivity index (χ4n) is 2.75. The van der Waals surface area contributed by atoms with Gasteiger partial charge in [0.2, 0.25) is 0 Å². The number of aliphatic hydroxyl groups is 1. The Hall–Kier alpha value is -1.13. The zero-order valence-corrected chi connectivity index (χ0v) is 12.2. The van der Waals surface area contributed by atoms with E-state index in [1.54, 1.807) is 13.1 Å². The van der Waals surface area contributed by atoms with Crippen molar-refractivity contribution in [1.29, 1.82) is 0 Å². The van der Waals surface area contributed by atoms with E-state index in [9.17, 15) is 5.11 Å². The minimum Gasteiger partial charge on any atom is -0.389 e. The average Bonchev–Trinajstić information content (AvgIpc) is 2.60. The van der Waals surface area contributed by atoms with Crippen LogP contribution in [-0.2, 0) is 0 Å². The fourth-order valence-corrected chi connectivity index (χ4v) is 2.75. The predicted molar refractivity (Wildman–Crippen MR) is 78.4 cm³/mol. The minimum atomic E-state index is -0.434. The molecule has 0 aliphatic carbocycles. The standard InChI is InChI=1S/C15H25N3O/c1-4-14-11-17(3)8-5-9-18(14)15-10-13(12(2)19)6-7-16-15/h6-7,10,12,14,19H,4-5,8-9,11H2,1-3H3. The highest BCUT2D eigenvalue weighted by Crippen LogP contribution is 2.23. The molecule has 1 aliphatic heterocycles. The van der Waals surface area contributed by atoms with Gasteiger partial charge in [0.25, 0.3) is 0 Å². The Bertz CT molecular complexity index is 408. The van der Waals surface area contributed by atoms with Crippen LogP contribution in [0.1, 0.15) is 38.4 Å². The third-order valence-corrected chi connectivity index (χ3v) is 3.92. The summed E-state index contributed by atoms with van der Waals surface area (Å²) < 4.78 is 0. The van der Waals surface area contributed by atoms with Gasteiger partial charge in [-0.05, 0) is 51.1 Å². The molecule has 1 aromatic rings. The molecule has 2 atom stereocenters. The number of pyridine rings is 1. The van der Waals surface area contributed by atoms with E-state index < -0.39 is 6.10 Å². The van der Waals surface area contributed by atoms with Crippen LogP contribution in [0.25, 0.3) is 0 Å². The maximum Gasteiger partial charge on any atom is 0.129 e. The monoisotopic (exact) mass is 263 g/mol. The minimum absolute atomic E-state index is 0.434. The van der Waals surface area contributed by atoms with Crippen molar-refractivity contribution in [2.75, 3.05) is 31.6 Å². The molecule has 19 heavy (non-hydrogen) atoms. The van der Waals surface area contributed by atoms with Gasteiger partial charge in [0.15, 0.2) is 0 Å². The zero-order chi connectivity index (χ0) is 13.8. The Morgan fingerprint density at radius 2 is 2.26 bits per heavy atom. The van der Waals surface area contributed by atoms with Crippen molar-refractivity contribution in [1.82, 2.24) is 9.88 Å². The Balaban J connectivity index is 2.24. The molecule has 0 bridgehead atoms. The number of hydrogen-bond acceptors (Lipinski definition) is 4. The first-order valence-corrected chi connectivity index (χ1v) is 7.21. The zero-order valence-electron chi connectivity index (χ0n) is 12.2. The van der Waals surface area contributed by atoms with Crippen LogP contribution in [-0.4, -0.2) is 47.7 Å². The lowest BCUT2D eigenvalue weighted by molar-refractivity contribution is 0.199. The van der Waals surface area contributed by atoms with E-state index in [-0.39, 0.29) is 0 Å². The quantitative estimate of drug-likeness (QED) is 0.906. The molecule has 106 valence electrons. The van der Waals surface area contributed by atoms with E-state index in [1.165, 1.54) is 0 Å². The number of hydrogen-bond donors (Lipinski definition) is 1. The second kappa shape index (κ2) is 6.35. The summed E-state index contributed by atoms with van der Waals surface area (Å²) >= 11 is 0. The third kappa shape index (κ3) is 3.45. The Morgan fingerprint density at radius 3 is 2.95 bits per heavy atom. The van der Waals surface area contributed by atoms with Gasteiger partial charge in [-0.2, -0.15) is 0 Å². The average molecular weight is 263 g/mol. The molecule has 2 unspecified atom stereocenters. The molecule has 4 nitrogen and oxygen atoms in total. The lowest BCUT2D eigenvalue weighted by atomic mass is 10.1. The number of rotatable bonds is 3. The SMILES string of the molecule is CCC1CN(C)CCCN1c1cc(C(C)O)ccn1. The van der Waals surface area contributed by atoms with Crippen LogP contribution >= 0.6 is 0 Å². The second-order valence-electron chi connectivity index (χ2n) is 5.49. The first-order chi connectivity index (χ1) is 9.11. The summed E-state index contributed by atoms with van der Waals surface area (Å²) in [5.41, 5.74) is 0.942. The second-order valence-corrected chi connectivity index (χ2v) is 5.49. The summed E-state index contributed by atoms with van der Waals surface area (Å²) in [5, 5.41) is 9.71. The number of anilines is 1. The van der Waals surface area contributed by atoms with Gasteiger partial charge < -0.3 is 14.9 Å². The van der Waals surface area contributed by atoms with Crippen molar-refractivity contribution in [3.05, 3.63) is 23.9 Å². The van der Waals surface area contributed by atoms with E-state index >= 15 is 0 Å². The van der Waals surface area contributed by atoms with Crippen LogP contribution in [0.3, 0.4) is 0 Å². The molecule has 2 heterocycles. The van der Waals surface area contributed by atoms with Gasteiger partial charge in [0, 0.05) is 25.3 Å². The molecule has 4 heteroatoms. The van der Waals surface area contributed by atoms with Gasteiger partial charge in [0.05, 0.1) is 6.10 Å². The maximum atomic E-state index is 9.71. The van der Waals surface area contributed by atoms with Crippen molar-refractivity contribution in [2.24, 2.45) is 0 Å². The van der Waals surface area contributed by atoms with Gasteiger partial charge in [0.1, 0.15) is 5.82 Å². The van der Waals surface area contributed by atoms with E-state index in [4.69, 9.17) is 0 Å². The molecule has 1 aliphatic rings. The molecule has 1 N–H and O–H groups in total. The van der Waals surface area contributed by atoms with Crippen molar-refractivity contribution in [3.63, 3.8) is 0 Å². The van der Waals surface area contributed by atoms with Crippen LogP contribution in [0.15, 0.2) is 18.3 Å². The molecule has 1 fully saturated rings. The van der Waals surface area contributed by atoms with Crippen molar-refractivity contribution in [2.45, 2.75) is 38.8 Å².